The van der Waals surface area contributed by atoms with E-state index in [2.05, 4.69) is 58.7 Å². The van der Waals surface area contributed by atoms with Crippen molar-refractivity contribution in [3.63, 3.8) is 0 Å². The molecule has 0 unspecified atom stereocenters. The van der Waals surface area contributed by atoms with Crippen LogP contribution in [0.3, 0.4) is 0 Å². The van der Waals surface area contributed by atoms with Gasteiger partial charge in [-0.05, 0) is 74.9 Å². The summed E-state index contributed by atoms with van der Waals surface area (Å²) in [5, 5.41) is 4.48. The van der Waals surface area contributed by atoms with Crippen molar-refractivity contribution in [2.75, 3.05) is 13.1 Å². The summed E-state index contributed by atoms with van der Waals surface area (Å²) >= 11 is 0. The SMILES string of the molecule is Cc1cc(C)c(CN2CCC[C@H](Cn3ccnc3C)C2)c(-n2cccn2)c1. The number of benzene rings is 1. The number of rotatable bonds is 5. The lowest BCUT2D eigenvalue weighted by molar-refractivity contribution is 0.155. The van der Waals surface area contributed by atoms with Gasteiger partial charge in [-0.15, -0.1) is 0 Å². The first-order chi connectivity index (χ1) is 13.1. The molecule has 0 N–H and O–H groups in total. The molecule has 1 aromatic carbocycles. The Morgan fingerprint density at radius 3 is 2.74 bits per heavy atom. The first-order valence-electron chi connectivity index (χ1n) is 9.90. The Labute approximate surface area is 161 Å². The Hall–Kier alpha value is -2.40. The summed E-state index contributed by atoms with van der Waals surface area (Å²) in [6.45, 7) is 10.9. The largest absolute Gasteiger partial charge is 0.335 e. The Kier molecular flexibility index (Phi) is 5.12. The van der Waals surface area contributed by atoms with E-state index >= 15 is 0 Å². The summed E-state index contributed by atoms with van der Waals surface area (Å²) in [4.78, 5) is 6.98. The molecule has 0 bridgehead atoms. The second kappa shape index (κ2) is 7.69. The number of likely N-dealkylation sites (tertiary alicyclic amines) is 1. The van der Waals surface area contributed by atoms with Crippen LogP contribution in [0.2, 0.25) is 0 Å². The number of piperidine rings is 1. The number of aryl methyl sites for hydroxylation is 3. The van der Waals surface area contributed by atoms with Crippen molar-refractivity contribution in [1.29, 1.82) is 0 Å². The average molecular weight is 364 g/mol. The van der Waals surface area contributed by atoms with Crippen molar-refractivity contribution >= 4 is 0 Å². The molecule has 0 spiro atoms. The zero-order chi connectivity index (χ0) is 18.8. The van der Waals surface area contributed by atoms with Crippen LogP contribution < -0.4 is 0 Å². The van der Waals surface area contributed by atoms with E-state index in [1.807, 2.05) is 29.3 Å². The van der Waals surface area contributed by atoms with Crippen LogP contribution in [0.15, 0.2) is 43.0 Å². The van der Waals surface area contributed by atoms with Crippen molar-refractivity contribution in [3.05, 3.63) is 65.5 Å². The van der Waals surface area contributed by atoms with Gasteiger partial charge in [-0.1, -0.05) is 6.07 Å². The van der Waals surface area contributed by atoms with E-state index in [9.17, 15) is 0 Å². The maximum absolute atomic E-state index is 4.48. The Morgan fingerprint density at radius 2 is 2.00 bits per heavy atom. The van der Waals surface area contributed by atoms with Crippen LogP contribution in [0.4, 0.5) is 0 Å². The molecule has 1 saturated heterocycles. The normalized spacial score (nSPS) is 18.1. The summed E-state index contributed by atoms with van der Waals surface area (Å²) < 4.78 is 4.30. The third kappa shape index (κ3) is 3.98. The lowest BCUT2D eigenvalue weighted by atomic mass is 9.96. The van der Waals surface area contributed by atoms with E-state index in [0.29, 0.717) is 5.92 Å². The highest BCUT2D eigenvalue weighted by molar-refractivity contribution is 5.48. The van der Waals surface area contributed by atoms with Gasteiger partial charge in [-0.3, -0.25) is 4.90 Å². The van der Waals surface area contributed by atoms with Crippen LogP contribution in [0, 0.1) is 26.7 Å². The van der Waals surface area contributed by atoms with Gasteiger partial charge in [-0.25, -0.2) is 9.67 Å². The van der Waals surface area contributed by atoms with E-state index < -0.39 is 0 Å². The molecule has 0 saturated carbocycles. The van der Waals surface area contributed by atoms with Gasteiger partial charge >= 0.3 is 0 Å². The lowest BCUT2D eigenvalue weighted by Gasteiger charge is -2.34. The number of nitrogens with zero attached hydrogens (tertiary/aromatic N) is 5. The Bertz CT molecular complexity index is 894. The second-order valence-corrected chi connectivity index (χ2v) is 7.90. The molecule has 1 fully saturated rings. The molecule has 1 aliphatic rings. The number of aromatic nitrogens is 4. The quantitative estimate of drug-likeness (QED) is 0.690. The first kappa shape index (κ1) is 18.0. The van der Waals surface area contributed by atoms with Gasteiger partial charge in [0, 0.05) is 44.4 Å². The molecule has 0 radical (unpaired) electrons. The molecule has 27 heavy (non-hydrogen) atoms. The molecular weight excluding hydrogens is 334 g/mol. The van der Waals surface area contributed by atoms with Gasteiger partial charge in [0.05, 0.1) is 5.69 Å². The van der Waals surface area contributed by atoms with Crippen LogP contribution in [0.25, 0.3) is 5.69 Å². The molecular formula is C22H29N5. The van der Waals surface area contributed by atoms with Gasteiger partial charge in [0.15, 0.2) is 0 Å². The van der Waals surface area contributed by atoms with Crippen molar-refractivity contribution in [3.8, 4) is 5.69 Å². The van der Waals surface area contributed by atoms with Crippen molar-refractivity contribution in [2.24, 2.45) is 5.92 Å². The number of hydrogen-bond acceptors (Lipinski definition) is 3. The van der Waals surface area contributed by atoms with Crippen molar-refractivity contribution < 1.29 is 0 Å². The minimum Gasteiger partial charge on any atom is -0.335 e. The highest BCUT2D eigenvalue weighted by Gasteiger charge is 2.22. The lowest BCUT2D eigenvalue weighted by Crippen LogP contribution is -2.37. The highest BCUT2D eigenvalue weighted by Crippen LogP contribution is 2.26. The van der Waals surface area contributed by atoms with E-state index in [1.165, 1.54) is 41.8 Å². The fourth-order valence-corrected chi connectivity index (χ4v) is 4.34. The van der Waals surface area contributed by atoms with E-state index in [4.69, 9.17) is 0 Å². The molecule has 1 atom stereocenters. The van der Waals surface area contributed by atoms with Gasteiger partial charge < -0.3 is 4.57 Å². The zero-order valence-corrected chi connectivity index (χ0v) is 16.6. The fraction of sp³-hybridized carbons (Fsp3) is 0.455. The molecule has 5 heteroatoms. The Morgan fingerprint density at radius 1 is 1.11 bits per heavy atom. The summed E-state index contributed by atoms with van der Waals surface area (Å²) in [6.07, 6.45) is 10.5. The van der Waals surface area contributed by atoms with Crippen LogP contribution >= 0.6 is 0 Å². The molecule has 1 aliphatic heterocycles. The number of hydrogen-bond donors (Lipinski definition) is 0. The van der Waals surface area contributed by atoms with Crippen molar-refractivity contribution in [1.82, 2.24) is 24.2 Å². The van der Waals surface area contributed by atoms with E-state index in [1.54, 1.807) is 0 Å². The highest BCUT2D eigenvalue weighted by atomic mass is 15.3. The van der Waals surface area contributed by atoms with Crippen molar-refractivity contribution in [2.45, 2.75) is 46.7 Å². The van der Waals surface area contributed by atoms with Gasteiger partial charge in [0.25, 0.3) is 0 Å². The van der Waals surface area contributed by atoms with E-state index in [-0.39, 0.29) is 0 Å². The summed E-state index contributed by atoms with van der Waals surface area (Å²) in [5.41, 5.74) is 5.25. The third-order valence-electron chi connectivity index (χ3n) is 5.71. The molecule has 4 rings (SSSR count). The molecule has 0 aliphatic carbocycles. The molecule has 142 valence electrons. The average Bonchev–Trinajstić information content (AvgIpc) is 3.30. The zero-order valence-electron chi connectivity index (χ0n) is 16.6. The van der Waals surface area contributed by atoms with Gasteiger partial charge in [-0.2, -0.15) is 5.10 Å². The predicted molar refractivity (Wildman–Crippen MR) is 108 cm³/mol. The molecule has 3 heterocycles. The van der Waals surface area contributed by atoms with E-state index in [0.717, 1.165) is 25.5 Å². The van der Waals surface area contributed by atoms with Crippen LogP contribution in [0.5, 0.6) is 0 Å². The molecule has 3 aromatic rings. The minimum absolute atomic E-state index is 0.686. The first-order valence-corrected chi connectivity index (χ1v) is 9.90. The topological polar surface area (TPSA) is 38.9 Å². The van der Waals surface area contributed by atoms with Crippen LogP contribution in [-0.2, 0) is 13.1 Å². The van der Waals surface area contributed by atoms with Crippen LogP contribution in [-0.4, -0.2) is 37.3 Å². The standard InChI is InChI=1S/C22H29N5/c1-17-12-18(2)21(22(13-17)27-10-5-7-24-27)16-25-9-4-6-20(14-25)15-26-11-8-23-19(26)3/h5,7-8,10-13,20H,4,6,9,14-16H2,1-3H3/t20-/m0/s1. The maximum atomic E-state index is 4.48. The van der Waals surface area contributed by atoms with Crippen LogP contribution in [0.1, 0.15) is 35.4 Å². The summed E-state index contributed by atoms with van der Waals surface area (Å²) in [5.74, 6) is 1.80. The Balaban J connectivity index is 1.53. The van der Waals surface area contributed by atoms with Gasteiger partial charge in [0.1, 0.15) is 5.82 Å². The summed E-state index contributed by atoms with van der Waals surface area (Å²) in [7, 11) is 0. The second-order valence-electron chi connectivity index (χ2n) is 7.90. The maximum Gasteiger partial charge on any atom is 0.105 e. The monoisotopic (exact) mass is 363 g/mol. The predicted octanol–water partition coefficient (Wildman–Crippen LogP) is 3.91. The fourth-order valence-electron chi connectivity index (χ4n) is 4.34. The smallest absolute Gasteiger partial charge is 0.105 e. The molecule has 2 aromatic heterocycles. The van der Waals surface area contributed by atoms with Gasteiger partial charge in [0.2, 0.25) is 0 Å². The molecule has 5 nitrogen and oxygen atoms in total. The third-order valence-corrected chi connectivity index (χ3v) is 5.71. The number of imidazole rings is 1. The minimum atomic E-state index is 0.686. The molecule has 0 amide bonds. The summed E-state index contributed by atoms with van der Waals surface area (Å²) in [6, 6.07) is 6.54.